The van der Waals surface area contributed by atoms with E-state index in [4.69, 9.17) is 0 Å². The average Bonchev–Trinajstić information content (AvgIpc) is 2.29. The van der Waals surface area contributed by atoms with Crippen LogP contribution in [0.25, 0.3) is 0 Å². The molecule has 2 aromatic carbocycles. The van der Waals surface area contributed by atoms with Gasteiger partial charge in [0.1, 0.15) is 5.75 Å². The van der Waals surface area contributed by atoms with Gasteiger partial charge in [-0.05, 0) is 24.3 Å². The first-order chi connectivity index (χ1) is 8.15. The van der Waals surface area contributed by atoms with Gasteiger partial charge < -0.3 is 10.2 Å². The second-order valence-electron chi connectivity index (χ2n) is 3.47. The second kappa shape index (κ2) is 4.63. The van der Waals surface area contributed by atoms with E-state index in [0.717, 1.165) is 5.17 Å². The Balaban J connectivity index is 2.14. The predicted molar refractivity (Wildman–Crippen MR) is 61.9 cm³/mol. The number of benzene rings is 2. The topological polar surface area (TPSA) is 78.8 Å². The monoisotopic (exact) mass is 231 g/mol. The highest BCUT2D eigenvalue weighted by molar-refractivity contribution is 5.55. The molecule has 88 valence electrons. The molecule has 0 aliphatic carbocycles. The minimum absolute atomic E-state index is 0.0842. The molecule has 0 aliphatic rings. The molecule has 0 unspecified atom stereocenters. The Kier molecular flexibility index (Phi) is 3.02. The molecule has 5 nitrogen and oxygen atoms in total. The molecule has 5 heteroatoms. The van der Waals surface area contributed by atoms with E-state index in [1.165, 1.54) is 24.3 Å². The van der Waals surface area contributed by atoms with E-state index in [9.17, 15) is 15.4 Å². The number of phenolic OH excluding ortho intramolecular Hbond substituents is 1. The molecule has 0 amide bonds. The van der Waals surface area contributed by atoms with E-state index in [-0.39, 0.29) is 11.5 Å². The molecule has 0 atom stereocenters. The number of anilines is 2. The van der Waals surface area contributed by atoms with Crippen LogP contribution in [0.15, 0.2) is 48.5 Å². The van der Waals surface area contributed by atoms with Gasteiger partial charge in [-0.25, -0.2) is 0 Å². The van der Waals surface area contributed by atoms with Gasteiger partial charge >= 0.3 is 0 Å². The Labute approximate surface area is 98.1 Å². The zero-order valence-corrected chi connectivity index (χ0v) is 8.87. The van der Waals surface area contributed by atoms with Crippen molar-refractivity contribution in [2.45, 2.75) is 0 Å². The highest BCUT2D eigenvalue weighted by Gasteiger charge is 2.02. The molecule has 0 aliphatic heterocycles. The molecule has 17 heavy (non-hydrogen) atoms. The SMILES string of the molecule is [O-]c1cccc(N(O)Nc2cccc(O)c2)c1. The van der Waals surface area contributed by atoms with Crippen molar-refractivity contribution >= 4 is 11.4 Å². The van der Waals surface area contributed by atoms with Gasteiger partial charge in [0.05, 0.1) is 11.4 Å². The number of nitrogens with zero attached hydrogens (tertiary/aromatic N) is 1. The fourth-order valence-corrected chi connectivity index (χ4v) is 1.38. The van der Waals surface area contributed by atoms with E-state index in [2.05, 4.69) is 5.43 Å². The summed E-state index contributed by atoms with van der Waals surface area (Å²) in [7, 11) is 0. The molecule has 0 fully saturated rings. The van der Waals surface area contributed by atoms with Gasteiger partial charge in [0.25, 0.3) is 0 Å². The van der Waals surface area contributed by atoms with Crippen LogP contribution >= 0.6 is 0 Å². The molecule has 2 aromatic rings. The third kappa shape index (κ3) is 2.79. The van der Waals surface area contributed by atoms with Crippen LogP contribution in [-0.2, 0) is 0 Å². The number of hydrogen-bond acceptors (Lipinski definition) is 5. The summed E-state index contributed by atoms with van der Waals surface area (Å²) in [5, 5.41) is 30.8. The minimum Gasteiger partial charge on any atom is -0.872 e. The largest absolute Gasteiger partial charge is 0.872 e. The van der Waals surface area contributed by atoms with Crippen LogP contribution in [0.5, 0.6) is 11.5 Å². The van der Waals surface area contributed by atoms with Crippen LogP contribution in [0.1, 0.15) is 0 Å². The lowest BCUT2D eigenvalue weighted by molar-refractivity contribution is -0.268. The number of hydrazine groups is 1. The van der Waals surface area contributed by atoms with Crippen molar-refractivity contribution in [1.82, 2.24) is 0 Å². The van der Waals surface area contributed by atoms with Crippen LogP contribution in [0, 0.1) is 0 Å². The van der Waals surface area contributed by atoms with Crippen molar-refractivity contribution in [3.8, 4) is 11.5 Å². The molecule has 0 aromatic heterocycles. The van der Waals surface area contributed by atoms with Gasteiger partial charge in [-0.3, -0.25) is 10.6 Å². The fourth-order valence-electron chi connectivity index (χ4n) is 1.38. The number of aromatic hydroxyl groups is 1. The van der Waals surface area contributed by atoms with Gasteiger partial charge in [0.15, 0.2) is 0 Å². The summed E-state index contributed by atoms with van der Waals surface area (Å²) in [6.45, 7) is 0. The highest BCUT2D eigenvalue weighted by Crippen LogP contribution is 2.20. The molecular weight excluding hydrogens is 220 g/mol. The summed E-state index contributed by atoms with van der Waals surface area (Å²) in [4.78, 5) is 0. The fraction of sp³-hybridized carbons (Fsp3) is 0. The maximum absolute atomic E-state index is 11.1. The zero-order chi connectivity index (χ0) is 12.3. The summed E-state index contributed by atoms with van der Waals surface area (Å²) in [5.74, 6) is -0.111. The molecule has 0 radical (unpaired) electrons. The Bertz CT molecular complexity index is 517. The quantitative estimate of drug-likeness (QED) is 0.700. The number of nitrogens with one attached hydrogen (secondary N) is 1. The molecule has 0 spiro atoms. The number of rotatable bonds is 3. The maximum atomic E-state index is 11.1. The van der Waals surface area contributed by atoms with Crippen LogP contribution in [0.4, 0.5) is 11.4 Å². The molecule has 0 heterocycles. The average molecular weight is 231 g/mol. The van der Waals surface area contributed by atoms with Crippen molar-refractivity contribution in [2.24, 2.45) is 0 Å². The summed E-state index contributed by atoms with van der Waals surface area (Å²) >= 11 is 0. The Hall–Kier alpha value is -2.40. The van der Waals surface area contributed by atoms with Gasteiger partial charge in [-0.15, -0.1) is 5.75 Å². The number of phenols is 1. The van der Waals surface area contributed by atoms with Crippen LogP contribution < -0.4 is 15.7 Å². The smallest absolute Gasteiger partial charge is 0.117 e. The zero-order valence-electron chi connectivity index (χ0n) is 8.87. The van der Waals surface area contributed by atoms with Crippen molar-refractivity contribution in [3.63, 3.8) is 0 Å². The highest BCUT2D eigenvalue weighted by atomic mass is 16.5. The number of hydrogen-bond donors (Lipinski definition) is 3. The van der Waals surface area contributed by atoms with Gasteiger partial charge in [-0.1, -0.05) is 18.2 Å². The van der Waals surface area contributed by atoms with Gasteiger partial charge in [0, 0.05) is 6.07 Å². The first kappa shape index (κ1) is 11.1. The summed E-state index contributed by atoms with van der Waals surface area (Å²) in [6, 6.07) is 12.1. The lowest BCUT2D eigenvalue weighted by Gasteiger charge is -2.20. The lowest BCUT2D eigenvalue weighted by atomic mass is 10.3. The minimum atomic E-state index is -0.195. The summed E-state index contributed by atoms with van der Waals surface area (Å²) in [6.07, 6.45) is 0. The third-order valence-corrected chi connectivity index (χ3v) is 2.14. The normalized spacial score (nSPS) is 9.94. The van der Waals surface area contributed by atoms with Gasteiger partial charge in [0.2, 0.25) is 0 Å². The molecule has 2 rings (SSSR count). The third-order valence-electron chi connectivity index (χ3n) is 2.14. The molecule has 0 saturated heterocycles. The first-order valence-corrected chi connectivity index (χ1v) is 4.97. The standard InChI is InChI=1S/C12H12N2O3/c15-11-5-1-3-9(7-11)13-14(17)10-4-2-6-12(16)8-10/h1-8,13,15-17H/p-1. The van der Waals surface area contributed by atoms with Crippen molar-refractivity contribution in [1.29, 1.82) is 0 Å². The van der Waals surface area contributed by atoms with Crippen LogP contribution in [0.3, 0.4) is 0 Å². The molecule has 0 bridgehead atoms. The van der Waals surface area contributed by atoms with Crippen molar-refractivity contribution in [2.75, 3.05) is 10.6 Å². The van der Waals surface area contributed by atoms with Crippen molar-refractivity contribution in [3.05, 3.63) is 48.5 Å². The van der Waals surface area contributed by atoms with Crippen molar-refractivity contribution < 1.29 is 15.4 Å². The summed E-state index contributed by atoms with van der Waals surface area (Å²) in [5.41, 5.74) is 3.44. The van der Waals surface area contributed by atoms with E-state index >= 15 is 0 Å². The summed E-state index contributed by atoms with van der Waals surface area (Å²) < 4.78 is 0. The molecular formula is C12H11N2O3-. The first-order valence-electron chi connectivity index (χ1n) is 4.97. The predicted octanol–water partition coefficient (Wildman–Crippen LogP) is 1.69. The van der Waals surface area contributed by atoms with E-state index < -0.39 is 0 Å². The van der Waals surface area contributed by atoms with Crippen LogP contribution in [-0.4, -0.2) is 10.3 Å². The lowest BCUT2D eigenvalue weighted by Crippen LogP contribution is -2.25. The van der Waals surface area contributed by atoms with E-state index in [1.807, 2.05) is 0 Å². The Morgan fingerprint density at radius 1 is 1.06 bits per heavy atom. The second-order valence-corrected chi connectivity index (χ2v) is 3.47. The van der Waals surface area contributed by atoms with Crippen LogP contribution in [0.2, 0.25) is 0 Å². The molecule has 0 saturated carbocycles. The molecule has 3 N–H and O–H groups in total. The Morgan fingerprint density at radius 2 is 1.82 bits per heavy atom. The van der Waals surface area contributed by atoms with E-state index in [1.54, 1.807) is 24.3 Å². The van der Waals surface area contributed by atoms with E-state index in [0.29, 0.717) is 11.4 Å². The Morgan fingerprint density at radius 3 is 2.53 bits per heavy atom. The van der Waals surface area contributed by atoms with Gasteiger partial charge in [-0.2, -0.15) is 5.17 Å². The maximum Gasteiger partial charge on any atom is 0.117 e.